The van der Waals surface area contributed by atoms with Gasteiger partial charge in [0.1, 0.15) is 6.04 Å². The Labute approximate surface area is 308 Å². The number of aliphatic hydroxyl groups is 1. The van der Waals surface area contributed by atoms with Gasteiger partial charge in [0.25, 0.3) is 0 Å². The van der Waals surface area contributed by atoms with E-state index in [1.54, 1.807) is 18.0 Å². The van der Waals surface area contributed by atoms with Crippen molar-refractivity contribution in [3.63, 3.8) is 0 Å². The van der Waals surface area contributed by atoms with Gasteiger partial charge in [0.15, 0.2) is 11.4 Å². The number of rotatable bonds is 13. The first-order valence-corrected chi connectivity index (χ1v) is 18.3. The van der Waals surface area contributed by atoms with Crippen molar-refractivity contribution in [1.29, 1.82) is 0 Å². The number of methoxy groups -OCH3 is 1. The monoisotopic (exact) mass is 720 g/mol. The van der Waals surface area contributed by atoms with E-state index < -0.39 is 24.3 Å². The number of hydrogen-bond donors (Lipinski definition) is 3. The van der Waals surface area contributed by atoms with Crippen molar-refractivity contribution in [2.24, 2.45) is 13.0 Å². The van der Waals surface area contributed by atoms with Crippen molar-refractivity contribution in [2.45, 2.75) is 56.2 Å². The molecule has 0 spiro atoms. The van der Waals surface area contributed by atoms with Gasteiger partial charge in [-0.15, -0.1) is 0 Å². The fraction of sp³-hybridized carbons (Fsp3) is 0.293. The first-order chi connectivity index (χ1) is 25.3. The molecule has 11 heteroatoms. The van der Waals surface area contributed by atoms with Crippen LogP contribution >= 0.6 is 11.8 Å². The van der Waals surface area contributed by atoms with Crippen LogP contribution in [0.5, 0.6) is 0 Å². The molecular weight excluding hydrogens is 677 g/mol. The highest BCUT2D eigenvalue weighted by Crippen LogP contribution is 2.43. The molecule has 0 radical (unpaired) electrons. The van der Waals surface area contributed by atoms with Crippen LogP contribution in [0.15, 0.2) is 121 Å². The van der Waals surface area contributed by atoms with Gasteiger partial charge in [0.05, 0.1) is 25.9 Å². The molecule has 1 aromatic heterocycles. The third kappa shape index (κ3) is 9.29. The number of aryl methyl sites for hydroxylation is 1. The number of urea groups is 1. The summed E-state index contributed by atoms with van der Waals surface area (Å²) < 4.78 is 20.2. The van der Waals surface area contributed by atoms with Gasteiger partial charge in [0, 0.05) is 49.6 Å². The number of imidazole rings is 1. The molecule has 270 valence electrons. The van der Waals surface area contributed by atoms with Crippen LogP contribution in [-0.4, -0.2) is 51.7 Å². The highest BCUT2D eigenvalue weighted by Gasteiger charge is 2.38. The molecule has 0 saturated carbocycles. The third-order valence-corrected chi connectivity index (χ3v) is 10.4. The van der Waals surface area contributed by atoms with E-state index in [1.165, 1.54) is 7.11 Å². The van der Waals surface area contributed by atoms with Crippen molar-refractivity contribution < 1.29 is 28.9 Å². The lowest BCUT2D eigenvalue weighted by Crippen LogP contribution is -2.47. The number of ether oxygens (including phenoxy) is 3. The highest BCUT2D eigenvalue weighted by molar-refractivity contribution is 7.99. The highest BCUT2D eigenvalue weighted by atomic mass is 32.2. The minimum atomic E-state index is -0.811. The summed E-state index contributed by atoms with van der Waals surface area (Å²) in [6.07, 6.45) is 3.16. The Kier molecular flexibility index (Phi) is 12.4. The van der Waals surface area contributed by atoms with E-state index >= 15 is 0 Å². The molecule has 1 saturated heterocycles. The number of amides is 2. The second kappa shape index (κ2) is 17.5. The summed E-state index contributed by atoms with van der Waals surface area (Å²) in [5.41, 5.74) is 6.62. The Morgan fingerprint density at radius 3 is 2.33 bits per heavy atom. The molecule has 1 fully saturated rings. The van der Waals surface area contributed by atoms with Crippen LogP contribution in [0.4, 0.5) is 4.79 Å². The van der Waals surface area contributed by atoms with E-state index in [4.69, 9.17) is 14.2 Å². The number of aliphatic hydroxyl groups excluding tert-OH is 1. The van der Waals surface area contributed by atoms with Crippen molar-refractivity contribution in [2.75, 3.05) is 12.9 Å². The van der Waals surface area contributed by atoms with Gasteiger partial charge < -0.3 is 34.5 Å². The second-order valence-corrected chi connectivity index (χ2v) is 13.9. The average Bonchev–Trinajstić information content (AvgIpc) is 3.60. The number of hydrogen-bond acceptors (Lipinski definition) is 8. The largest absolute Gasteiger partial charge is 0.467 e. The van der Waals surface area contributed by atoms with E-state index in [0.717, 1.165) is 44.1 Å². The van der Waals surface area contributed by atoms with Gasteiger partial charge in [-0.1, -0.05) is 116 Å². The fourth-order valence-electron chi connectivity index (χ4n) is 6.23. The molecule has 5 atom stereocenters. The van der Waals surface area contributed by atoms with Crippen molar-refractivity contribution >= 4 is 23.8 Å². The van der Waals surface area contributed by atoms with Crippen LogP contribution in [0.25, 0.3) is 11.1 Å². The molecule has 6 rings (SSSR count). The first-order valence-electron chi connectivity index (χ1n) is 17.3. The van der Waals surface area contributed by atoms with Gasteiger partial charge in [-0.2, -0.15) is 0 Å². The van der Waals surface area contributed by atoms with E-state index in [1.807, 2.05) is 121 Å². The smallest absolute Gasteiger partial charge is 0.328 e. The predicted octanol–water partition coefficient (Wildman–Crippen LogP) is 6.75. The third-order valence-electron chi connectivity index (χ3n) is 9.25. The normalized spacial score (nSPS) is 19.1. The fourth-order valence-corrected chi connectivity index (χ4v) is 7.32. The van der Waals surface area contributed by atoms with Crippen LogP contribution in [0, 0.1) is 5.92 Å². The Balaban J connectivity index is 1.12. The van der Waals surface area contributed by atoms with Crippen LogP contribution in [0.3, 0.4) is 0 Å². The van der Waals surface area contributed by atoms with E-state index in [0.29, 0.717) is 12.2 Å². The molecular formula is C41H44N4O6S. The average molecular weight is 721 g/mol. The van der Waals surface area contributed by atoms with Crippen molar-refractivity contribution in [1.82, 2.24) is 20.2 Å². The maximum atomic E-state index is 12.8. The Hall–Kier alpha value is -4.94. The number of aromatic nitrogens is 2. The molecule has 3 N–H and O–H groups in total. The Bertz CT molecular complexity index is 1920. The summed E-state index contributed by atoms with van der Waals surface area (Å²) >= 11 is 1.66. The molecule has 4 aromatic carbocycles. The second-order valence-electron chi connectivity index (χ2n) is 12.9. The van der Waals surface area contributed by atoms with E-state index in [9.17, 15) is 14.7 Å². The molecule has 1 aliphatic rings. The SMILES string of the molecule is COC(=O)C(Cc1ccccc1)NC(=O)NCc1cccc(-c2ccc(C3OC(CSc4nccn4C)C(C)C(c4ccc(CO)cc4)O3)cc2)c1. The number of thioether (sulfide) groups is 1. The van der Waals surface area contributed by atoms with Crippen molar-refractivity contribution in [3.05, 3.63) is 143 Å². The molecule has 52 heavy (non-hydrogen) atoms. The summed E-state index contributed by atoms with van der Waals surface area (Å²) in [7, 11) is 3.29. The minimum Gasteiger partial charge on any atom is -0.467 e. The van der Waals surface area contributed by atoms with Gasteiger partial charge in [0.2, 0.25) is 0 Å². The van der Waals surface area contributed by atoms with Crippen LogP contribution < -0.4 is 10.6 Å². The molecule has 0 bridgehead atoms. The van der Waals surface area contributed by atoms with Gasteiger partial charge >= 0.3 is 12.0 Å². The lowest BCUT2D eigenvalue weighted by molar-refractivity contribution is -0.268. The summed E-state index contributed by atoms with van der Waals surface area (Å²) in [5.74, 6) is 0.274. The van der Waals surface area contributed by atoms with Crippen LogP contribution in [0.1, 0.15) is 47.1 Å². The quantitative estimate of drug-likeness (QED) is 0.0903. The minimum absolute atomic E-state index is 0.0101. The first kappa shape index (κ1) is 36.8. The van der Waals surface area contributed by atoms with Gasteiger partial charge in [-0.3, -0.25) is 0 Å². The number of esters is 1. The lowest BCUT2D eigenvalue weighted by atomic mass is 9.91. The standard InChI is InChI=1S/C41H44N4O6S/c1-27-36(26-52-41-42-20-21-45(41)2)50-39(51-37(27)32-14-12-29(25-46)13-15-32)33-18-16-31(17-19-33)34-11-7-10-30(22-34)24-43-40(48)44-35(38(47)49-3)23-28-8-5-4-6-9-28/h4-22,27,35-37,39,46H,23-26H2,1-3H3,(H2,43,44,48). The zero-order valence-electron chi connectivity index (χ0n) is 29.5. The Morgan fingerprint density at radius 1 is 0.904 bits per heavy atom. The summed E-state index contributed by atoms with van der Waals surface area (Å²) in [6, 6.07) is 32.2. The number of nitrogens with one attached hydrogen (secondary N) is 2. The topological polar surface area (TPSA) is 124 Å². The lowest BCUT2D eigenvalue weighted by Gasteiger charge is -2.41. The number of carbonyl (C=O) groups excluding carboxylic acids is 2. The number of nitrogens with zero attached hydrogens (tertiary/aromatic N) is 2. The van der Waals surface area contributed by atoms with Gasteiger partial charge in [-0.05, 0) is 39.4 Å². The maximum absolute atomic E-state index is 12.8. The van der Waals surface area contributed by atoms with Crippen LogP contribution in [0.2, 0.25) is 0 Å². The summed E-state index contributed by atoms with van der Waals surface area (Å²) in [6.45, 7) is 2.42. The van der Waals surface area contributed by atoms with Crippen LogP contribution in [-0.2, 0) is 45.6 Å². The zero-order chi connectivity index (χ0) is 36.5. The Morgan fingerprint density at radius 2 is 1.63 bits per heavy atom. The van der Waals surface area contributed by atoms with E-state index in [-0.39, 0.29) is 31.3 Å². The molecule has 2 heterocycles. The predicted molar refractivity (Wildman–Crippen MR) is 200 cm³/mol. The molecule has 5 aromatic rings. The molecule has 0 aliphatic carbocycles. The molecule has 2 amide bonds. The molecule has 1 aliphatic heterocycles. The summed E-state index contributed by atoms with van der Waals surface area (Å²) in [5, 5.41) is 16.1. The van der Waals surface area contributed by atoms with E-state index in [2.05, 4.69) is 22.5 Å². The van der Waals surface area contributed by atoms with Crippen molar-refractivity contribution in [3.8, 4) is 11.1 Å². The molecule has 10 nitrogen and oxygen atoms in total. The van der Waals surface area contributed by atoms with Gasteiger partial charge in [-0.25, -0.2) is 14.6 Å². The molecule has 5 unspecified atom stereocenters. The zero-order valence-corrected chi connectivity index (χ0v) is 30.3. The number of carbonyl (C=O) groups is 2. The maximum Gasteiger partial charge on any atom is 0.328 e. The summed E-state index contributed by atoms with van der Waals surface area (Å²) in [4.78, 5) is 29.7. The number of benzene rings is 4.